The lowest BCUT2D eigenvalue weighted by Gasteiger charge is -2.14. The van der Waals surface area contributed by atoms with E-state index in [4.69, 9.17) is 27.5 Å². The minimum atomic E-state index is -3.48. The zero-order chi connectivity index (χ0) is 18.1. The van der Waals surface area contributed by atoms with Gasteiger partial charge in [0.1, 0.15) is 11.2 Å². The number of halogens is 1. The van der Waals surface area contributed by atoms with E-state index < -0.39 is 15.7 Å². The van der Waals surface area contributed by atoms with E-state index in [1.54, 1.807) is 12.1 Å². The van der Waals surface area contributed by atoms with Crippen LogP contribution in [0.2, 0.25) is 5.02 Å². The van der Waals surface area contributed by atoms with Gasteiger partial charge in [0, 0.05) is 12.5 Å². The van der Waals surface area contributed by atoms with E-state index in [2.05, 4.69) is 0 Å². The molecule has 0 aliphatic rings. The highest BCUT2D eigenvalue weighted by Crippen LogP contribution is 2.23. The molecule has 0 unspecified atom stereocenters. The molecule has 1 amide bonds. The highest BCUT2D eigenvalue weighted by Gasteiger charge is 2.16. The number of hydrogen-bond acceptors (Lipinski definition) is 5. The Bertz CT molecular complexity index is 967. The molecule has 0 spiro atoms. The van der Waals surface area contributed by atoms with Crippen LogP contribution < -0.4 is 16.0 Å². The molecule has 24 heavy (non-hydrogen) atoms. The quantitative estimate of drug-likeness (QED) is 0.823. The maximum atomic E-state index is 12.0. The van der Waals surface area contributed by atoms with Gasteiger partial charge in [-0.2, -0.15) is 0 Å². The average Bonchev–Trinajstić information content (AvgIpc) is 2.49. The molecule has 3 N–H and O–H groups in total. The monoisotopic (exact) mass is 369 g/mol. The lowest BCUT2D eigenvalue weighted by molar-refractivity contribution is 0.0997. The van der Waals surface area contributed by atoms with Crippen molar-refractivity contribution in [2.24, 2.45) is 5.73 Å². The molecule has 1 aromatic heterocycles. The third-order valence-electron chi connectivity index (χ3n) is 3.38. The Morgan fingerprint density at radius 2 is 2.04 bits per heavy atom. The molecular weight excluding hydrogens is 354 g/mol. The third-order valence-corrected chi connectivity index (χ3v) is 4.78. The Labute approximate surface area is 144 Å². The van der Waals surface area contributed by atoms with Crippen molar-refractivity contribution in [1.29, 1.82) is 5.41 Å². The lowest BCUT2D eigenvalue weighted by Crippen LogP contribution is -2.30. The van der Waals surface area contributed by atoms with Crippen LogP contribution in [0.5, 0.6) is 5.75 Å². The summed E-state index contributed by atoms with van der Waals surface area (Å²) in [5.74, 6) is -0.313. The van der Waals surface area contributed by atoms with Crippen molar-refractivity contribution in [2.45, 2.75) is 11.4 Å². The third kappa shape index (κ3) is 3.77. The van der Waals surface area contributed by atoms with Crippen LogP contribution in [0, 0.1) is 5.41 Å². The van der Waals surface area contributed by atoms with Gasteiger partial charge < -0.3 is 15.0 Å². The average molecular weight is 370 g/mol. The molecule has 2 aromatic rings. The van der Waals surface area contributed by atoms with Crippen LogP contribution in [0.3, 0.4) is 0 Å². The van der Waals surface area contributed by atoms with Gasteiger partial charge in [-0.15, -0.1) is 0 Å². The fraction of sp³-hybridized carbons (Fsp3) is 0.200. The van der Waals surface area contributed by atoms with E-state index in [1.165, 1.54) is 30.0 Å². The summed E-state index contributed by atoms with van der Waals surface area (Å²) in [6, 6.07) is 5.84. The van der Waals surface area contributed by atoms with Crippen molar-refractivity contribution in [3.05, 3.63) is 52.1 Å². The lowest BCUT2D eigenvalue weighted by atomic mass is 10.2. The van der Waals surface area contributed by atoms with Crippen LogP contribution in [0.4, 0.5) is 0 Å². The van der Waals surface area contributed by atoms with Crippen molar-refractivity contribution in [2.75, 3.05) is 13.4 Å². The zero-order valence-corrected chi connectivity index (χ0v) is 14.6. The number of aromatic nitrogens is 1. The first kappa shape index (κ1) is 18.0. The predicted molar refractivity (Wildman–Crippen MR) is 89.0 cm³/mol. The summed E-state index contributed by atoms with van der Waals surface area (Å²) in [6.45, 7) is 0.0132. The SMILES string of the molecule is COc1ccc(S(C)(=O)=O)c(Cn2cc(Cl)cc(C(N)=O)c2=N)c1. The van der Waals surface area contributed by atoms with Crippen LogP contribution >= 0.6 is 11.6 Å². The summed E-state index contributed by atoms with van der Waals surface area (Å²) in [6.07, 6.45) is 2.53. The van der Waals surface area contributed by atoms with Crippen LogP contribution in [0.15, 0.2) is 35.4 Å². The Kier molecular flexibility index (Phi) is 5.00. The number of nitrogens with two attached hydrogens (primary N) is 1. The number of nitrogens with one attached hydrogen (secondary N) is 1. The van der Waals surface area contributed by atoms with E-state index in [0.29, 0.717) is 11.3 Å². The molecule has 0 fully saturated rings. The van der Waals surface area contributed by atoms with E-state index >= 15 is 0 Å². The molecule has 0 bridgehead atoms. The molecule has 0 atom stereocenters. The number of carbonyl (C=O) groups is 1. The standard InChI is InChI=1S/C15H16ClN3O4S/c1-23-11-3-4-13(24(2,21)22)9(5-11)7-19-8-10(16)6-12(14(19)17)15(18)20/h3-6,8,17H,7H2,1-2H3,(H2,18,20). The summed E-state index contributed by atoms with van der Waals surface area (Å²) >= 11 is 5.97. The number of primary amides is 1. The van der Waals surface area contributed by atoms with Gasteiger partial charge >= 0.3 is 0 Å². The Morgan fingerprint density at radius 1 is 1.38 bits per heavy atom. The number of methoxy groups -OCH3 is 1. The second-order valence-corrected chi connectivity index (χ2v) is 7.58. The van der Waals surface area contributed by atoms with Crippen LogP contribution in [-0.4, -0.2) is 32.3 Å². The van der Waals surface area contributed by atoms with Crippen molar-refractivity contribution >= 4 is 27.3 Å². The van der Waals surface area contributed by atoms with Crippen molar-refractivity contribution in [3.8, 4) is 5.75 Å². The number of sulfone groups is 1. The smallest absolute Gasteiger partial charge is 0.252 e. The summed E-state index contributed by atoms with van der Waals surface area (Å²) < 4.78 is 30.4. The Balaban J connectivity index is 2.64. The molecule has 0 radical (unpaired) electrons. The Hall–Kier alpha value is -2.32. The normalized spacial score (nSPS) is 11.3. The molecule has 1 heterocycles. The van der Waals surface area contributed by atoms with Crippen molar-refractivity contribution in [3.63, 3.8) is 0 Å². The number of nitrogens with zero attached hydrogens (tertiary/aromatic N) is 1. The van der Waals surface area contributed by atoms with Gasteiger partial charge in [-0.05, 0) is 29.8 Å². The van der Waals surface area contributed by atoms with Gasteiger partial charge in [0.05, 0.1) is 29.1 Å². The first-order valence-electron chi connectivity index (χ1n) is 6.75. The number of amides is 1. The molecule has 128 valence electrons. The van der Waals surface area contributed by atoms with Gasteiger partial charge in [-0.25, -0.2) is 8.42 Å². The topological polar surface area (TPSA) is 115 Å². The number of pyridine rings is 1. The van der Waals surface area contributed by atoms with Gasteiger partial charge in [0.2, 0.25) is 0 Å². The van der Waals surface area contributed by atoms with Crippen molar-refractivity contribution < 1.29 is 17.9 Å². The zero-order valence-electron chi connectivity index (χ0n) is 13.0. The summed E-state index contributed by atoms with van der Waals surface area (Å²) in [5, 5.41) is 8.28. The minimum Gasteiger partial charge on any atom is -0.497 e. The first-order chi connectivity index (χ1) is 11.1. The van der Waals surface area contributed by atoms with Crippen molar-refractivity contribution in [1.82, 2.24) is 4.57 Å². The number of carbonyl (C=O) groups excluding carboxylic acids is 1. The van der Waals surface area contributed by atoms with Crippen LogP contribution in [0.25, 0.3) is 0 Å². The van der Waals surface area contributed by atoms with Crippen LogP contribution in [0.1, 0.15) is 15.9 Å². The maximum Gasteiger partial charge on any atom is 0.252 e. The highest BCUT2D eigenvalue weighted by molar-refractivity contribution is 7.90. The number of benzene rings is 1. The molecule has 0 saturated heterocycles. The molecule has 9 heteroatoms. The first-order valence-corrected chi connectivity index (χ1v) is 9.01. The number of hydrogen-bond donors (Lipinski definition) is 2. The van der Waals surface area contributed by atoms with Gasteiger partial charge in [0.15, 0.2) is 9.84 Å². The molecule has 0 aliphatic heterocycles. The molecule has 1 aromatic carbocycles. The summed E-state index contributed by atoms with van der Waals surface area (Å²) in [5.41, 5.74) is 5.45. The van der Waals surface area contributed by atoms with Gasteiger partial charge in [-0.3, -0.25) is 10.2 Å². The Morgan fingerprint density at radius 3 is 2.58 bits per heavy atom. The number of rotatable bonds is 5. The number of ether oxygens (including phenoxy) is 1. The molecular formula is C15H16ClN3O4S. The van der Waals surface area contributed by atoms with E-state index in [9.17, 15) is 13.2 Å². The van der Waals surface area contributed by atoms with Gasteiger partial charge in [0.25, 0.3) is 5.91 Å². The maximum absolute atomic E-state index is 12.0. The largest absolute Gasteiger partial charge is 0.497 e. The van der Waals surface area contributed by atoms with Crippen LogP contribution in [-0.2, 0) is 16.4 Å². The van der Waals surface area contributed by atoms with E-state index in [0.717, 1.165) is 6.26 Å². The second kappa shape index (κ2) is 6.66. The molecule has 7 nitrogen and oxygen atoms in total. The van der Waals surface area contributed by atoms with E-state index in [-0.39, 0.29) is 27.5 Å². The molecule has 0 saturated carbocycles. The minimum absolute atomic E-state index is 0.0132. The second-order valence-electron chi connectivity index (χ2n) is 5.16. The summed E-state index contributed by atoms with van der Waals surface area (Å²) in [7, 11) is -2.02. The fourth-order valence-corrected chi connectivity index (χ4v) is 3.42. The van der Waals surface area contributed by atoms with E-state index in [1.807, 2.05) is 0 Å². The molecule has 0 aliphatic carbocycles. The highest BCUT2D eigenvalue weighted by atomic mass is 35.5. The van der Waals surface area contributed by atoms with Gasteiger partial charge in [-0.1, -0.05) is 11.6 Å². The predicted octanol–water partition coefficient (Wildman–Crippen LogP) is 1.18. The fourth-order valence-electron chi connectivity index (χ4n) is 2.28. The summed E-state index contributed by atoms with van der Waals surface area (Å²) in [4.78, 5) is 11.5. The molecule has 2 rings (SSSR count).